The van der Waals surface area contributed by atoms with Gasteiger partial charge in [0.2, 0.25) is 0 Å². The second-order valence-electron chi connectivity index (χ2n) is 6.60. The minimum atomic E-state index is -1.94. The zero-order chi connectivity index (χ0) is 20.0. The molecule has 27 heavy (non-hydrogen) atoms. The van der Waals surface area contributed by atoms with Crippen molar-refractivity contribution in [2.75, 3.05) is 6.61 Å². The topological polar surface area (TPSA) is 121 Å². The van der Waals surface area contributed by atoms with Crippen LogP contribution in [0.1, 0.15) is 16.7 Å². The van der Waals surface area contributed by atoms with E-state index in [1.807, 2.05) is 12.1 Å². The lowest BCUT2D eigenvalue weighted by Crippen LogP contribution is -2.55. The first-order valence-corrected chi connectivity index (χ1v) is 9.70. The lowest BCUT2D eigenvalue weighted by atomic mass is 9.78. The maximum Gasteiger partial charge on any atom is 0.122 e. The van der Waals surface area contributed by atoms with Gasteiger partial charge in [0.1, 0.15) is 30.0 Å². The van der Waals surface area contributed by atoms with Gasteiger partial charge in [0.25, 0.3) is 0 Å². The molecule has 0 aromatic heterocycles. The van der Waals surface area contributed by atoms with Crippen LogP contribution >= 0.6 is 15.9 Å². The highest BCUT2D eigenvalue weighted by Gasteiger charge is 2.45. The molecule has 7 heteroatoms. The summed E-state index contributed by atoms with van der Waals surface area (Å²) in [4.78, 5) is 0. The van der Waals surface area contributed by atoms with Gasteiger partial charge in [0.05, 0.1) is 6.61 Å². The molecular weight excluding hydrogens is 416 g/mol. The highest BCUT2D eigenvalue weighted by molar-refractivity contribution is 9.08. The molecule has 148 valence electrons. The van der Waals surface area contributed by atoms with Gasteiger partial charge in [-0.2, -0.15) is 0 Å². The Balaban J connectivity index is 2.44. The number of benzene rings is 2. The fraction of sp³-hybridized carbons (Fsp3) is 0.400. The van der Waals surface area contributed by atoms with Crippen molar-refractivity contribution < 1.29 is 30.6 Å². The predicted molar refractivity (Wildman–Crippen MR) is 104 cm³/mol. The highest BCUT2D eigenvalue weighted by Crippen LogP contribution is 2.33. The third kappa shape index (κ3) is 5.14. The molecule has 0 amide bonds. The van der Waals surface area contributed by atoms with Gasteiger partial charge in [0, 0.05) is 11.8 Å². The van der Waals surface area contributed by atoms with Crippen LogP contribution in [0.15, 0.2) is 54.6 Å². The number of aliphatic hydroxyl groups excluding tert-OH is 5. The number of rotatable bonds is 9. The predicted octanol–water partition coefficient (Wildman–Crippen LogP) is 0.448. The third-order valence-corrected chi connectivity index (χ3v) is 5.29. The summed E-state index contributed by atoms with van der Waals surface area (Å²) in [5.41, 5.74) is -0.000364. The number of hydrogen-bond acceptors (Lipinski definition) is 6. The average Bonchev–Trinajstić information content (AvgIpc) is 2.72. The minimum absolute atomic E-state index is 0.0280. The molecule has 2 aromatic rings. The fourth-order valence-electron chi connectivity index (χ4n) is 3.01. The number of hydrogen-bond donors (Lipinski definition) is 6. The van der Waals surface area contributed by atoms with Crippen molar-refractivity contribution in [1.82, 2.24) is 0 Å². The van der Waals surface area contributed by atoms with Crippen molar-refractivity contribution in [3.8, 4) is 0 Å². The van der Waals surface area contributed by atoms with E-state index < -0.39 is 36.6 Å². The standard InChI is InChI=1S/C20H25BrO6/c21-11-14-7-4-8-15(9-14)20(27,10-13-5-2-1-3-6-13)19(26)18(25)17(24)16(23)12-22/h1-9,16-19,22-27H,10-12H2/t16-,17-,18+,19-,20?/m1/s1. The molecule has 0 aliphatic heterocycles. The molecule has 0 saturated carbocycles. The number of halogens is 1. The molecule has 0 heterocycles. The quantitative estimate of drug-likeness (QED) is 0.315. The smallest absolute Gasteiger partial charge is 0.122 e. The maximum atomic E-state index is 11.4. The van der Waals surface area contributed by atoms with Crippen molar-refractivity contribution >= 4 is 15.9 Å². The summed E-state index contributed by atoms with van der Waals surface area (Å²) in [6.07, 6.45) is -7.20. The maximum absolute atomic E-state index is 11.4. The van der Waals surface area contributed by atoms with Gasteiger partial charge in [0.15, 0.2) is 0 Å². The van der Waals surface area contributed by atoms with Crippen LogP contribution in [0.2, 0.25) is 0 Å². The van der Waals surface area contributed by atoms with Crippen LogP contribution in [-0.4, -0.2) is 61.7 Å². The zero-order valence-corrected chi connectivity index (χ0v) is 16.3. The zero-order valence-electron chi connectivity index (χ0n) is 14.7. The summed E-state index contributed by atoms with van der Waals surface area (Å²) in [6, 6.07) is 15.8. The summed E-state index contributed by atoms with van der Waals surface area (Å²) in [5.74, 6) is 0. The molecular formula is C20H25BrO6. The second-order valence-corrected chi connectivity index (χ2v) is 7.16. The highest BCUT2D eigenvalue weighted by atomic mass is 79.9. The average molecular weight is 441 g/mol. The summed E-state index contributed by atoms with van der Waals surface area (Å²) < 4.78 is 0. The molecule has 6 N–H and O–H groups in total. The molecule has 0 aliphatic rings. The number of alkyl halides is 1. The largest absolute Gasteiger partial charge is 0.394 e. The van der Waals surface area contributed by atoms with Crippen LogP contribution < -0.4 is 0 Å². The summed E-state index contributed by atoms with van der Waals surface area (Å²) in [5, 5.41) is 61.6. The lowest BCUT2D eigenvalue weighted by molar-refractivity contribution is -0.176. The van der Waals surface area contributed by atoms with Crippen LogP contribution in [-0.2, 0) is 17.4 Å². The van der Waals surface area contributed by atoms with E-state index in [-0.39, 0.29) is 6.42 Å². The van der Waals surface area contributed by atoms with Gasteiger partial charge in [-0.15, -0.1) is 0 Å². The summed E-state index contributed by atoms with van der Waals surface area (Å²) in [7, 11) is 0. The normalized spacial score (nSPS) is 18.3. The van der Waals surface area contributed by atoms with Crippen molar-refractivity contribution in [2.24, 2.45) is 0 Å². The van der Waals surface area contributed by atoms with E-state index in [4.69, 9.17) is 5.11 Å². The molecule has 0 radical (unpaired) electrons. The lowest BCUT2D eigenvalue weighted by Gasteiger charge is -2.38. The Hall–Kier alpha value is -1.32. The monoisotopic (exact) mass is 440 g/mol. The van der Waals surface area contributed by atoms with Gasteiger partial charge >= 0.3 is 0 Å². The third-order valence-electron chi connectivity index (χ3n) is 4.64. The van der Waals surface area contributed by atoms with Gasteiger partial charge in [-0.3, -0.25) is 0 Å². The van der Waals surface area contributed by atoms with E-state index in [0.29, 0.717) is 16.5 Å². The van der Waals surface area contributed by atoms with Crippen molar-refractivity contribution in [3.63, 3.8) is 0 Å². The van der Waals surface area contributed by atoms with Gasteiger partial charge in [-0.25, -0.2) is 0 Å². The van der Waals surface area contributed by atoms with E-state index in [1.54, 1.807) is 42.5 Å². The molecule has 0 bridgehead atoms. The van der Waals surface area contributed by atoms with Crippen LogP contribution in [0.3, 0.4) is 0 Å². The minimum Gasteiger partial charge on any atom is -0.394 e. The van der Waals surface area contributed by atoms with Crippen molar-refractivity contribution in [1.29, 1.82) is 0 Å². The summed E-state index contributed by atoms with van der Waals surface area (Å²) >= 11 is 3.35. The van der Waals surface area contributed by atoms with Crippen molar-refractivity contribution in [2.45, 2.75) is 41.8 Å². The first-order chi connectivity index (χ1) is 12.8. The SMILES string of the molecule is OC[C@@H](O)[C@@H](O)[C@H](O)[C@@H](O)C(O)(Cc1ccccc1)c1cccc(CBr)c1. The second kappa shape index (κ2) is 9.75. The van der Waals surface area contributed by atoms with Crippen LogP contribution in [0, 0.1) is 0 Å². The first-order valence-electron chi connectivity index (χ1n) is 8.58. The van der Waals surface area contributed by atoms with Crippen molar-refractivity contribution in [3.05, 3.63) is 71.3 Å². The van der Waals surface area contributed by atoms with Gasteiger partial charge in [-0.1, -0.05) is 70.5 Å². The van der Waals surface area contributed by atoms with Gasteiger partial charge < -0.3 is 30.6 Å². The number of aliphatic hydroxyl groups is 6. The van der Waals surface area contributed by atoms with E-state index in [1.165, 1.54) is 0 Å². The Labute approximate surface area is 166 Å². The van der Waals surface area contributed by atoms with E-state index >= 15 is 0 Å². The molecule has 0 spiro atoms. The first kappa shape index (κ1) is 22.0. The molecule has 2 aromatic carbocycles. The van der Waals surface area contributed by atoms with Gasteiger partial charge in [-0.05, 0) is 16.7 Å². The Kier molecular flexibility index (Phi) is 7.93. The molecule has 1 unspecified atom stereocenters. The molecule has 0 fully saturated rings. The molecule has 0 aliphatic carbocycles. The fourth-order valence-corrected chi connectivity index (χ4v) is 3.36. The summed E-state index contributed by atoms with van der Waals surface area (Å²) in [6.45, 7) is -0.791. The Bertz CT molecular complexity index is 713. The van der Waals surface area contributed by atoms with Crippen LogP contribution in [0.25, 0.3) is 0 Å². The van der Waals surface area contributed by atoms with E-state index in [9.17, 15) is 25.5 Å². The van der Waals surface area contributed by atoms with Crippen LogP contribution in [0.5, 0.6) is 0 Å². The Morgan fingerprint density at radius 2 is 1.48 bits per heavy atom. The van der Waals surface area contributed by atoms with Crippen LogP contribution in [0.4, 0.5) is 0 Å². The molecule has 2 rings (SSSR count). The van der Waals surface area contributed by atoms with E-state index in [2.05, 4.69) is 15.9 Å². The molecule has 6 nitrogen and oxygen atoms in total. The Morgan fingerprint density at radius 1 is 0.852 bits per heavy atom. The van der Waals surface area contributed by atoms with E-state index in [0.717, 1.165) is 5.56 Å². The Morgan fingerprint density at radius 3 is 2.07 bits per heavy atom. The molecule has 5 atom stereocenters. The molecule has 0 saturated heterocycles.